The van der Waals surface area contributed by atoms with Crippen molar-refractivity contribution in [3.05, 3.63) is 112 Å². The molecule has 3 fully saturated rings. The molecule has 17 nitrogen and oxygen atoms in total. The molecule has 4 atom stereocenters. The minimum atomic E-state index is -1.03. The highest BCUT2D eigenvalue weighted by molar-refractivity contribution is 7.13. The number of carbonyl (C=O) groups excluding carboxylic acids is 4. The predicted molar refractivity (Wildman–Crippen MR) is 287 cm³/mol. The van der Waals surface area contributed by atoms with Gasteiger partial charge < -0.3 is 44.9 Å². The second-order valence-corrected chi connectivity index (χ2v) is 23.6. The molecule has 5 aromatic rings. The van der Waals surface area contributed by atoms with E-state index in [-0.39, 0.29) is 43.2 Å². The predicted octanol–water partition coefficient (Wildman–Crippen LogP) is 8.56. The summed E-state index contributed by atoms with van der Waals surface area (Å²) in [6.07, 6.45) is 5.06. The highest BCUT2D eigenvalue weighted by Gasteiger charge is 2.64. The number of aliphatic hydroxyl groups is 1. The maximum atomic E-state index is 14.2. The number of nitrogens with zero attached hydrogens (tertiary/aromatic N) is 5. The first-order chi connectivity index (χ1) is 36.0. The van der Waals surface area contributed by atoms with Gasteiger partial charge >= 0.3 is 0 Å². The van der Waals surface area contributed by atoms with Crippen LogP contribution < -0.4 is 34.9 Å². The molecule has 8 rings (SSSR count). The standard InChI is InChI=1S/C57H67ClN8O9S/c1-32(44-22-13-36(27-60-44)48-33(2)62-31-76-48)63-51(70)45-24-37(67)29-66(45)52(71)49(55(3,4)5)64-46(68)30-72-42-21-23-47(61-28-42)74-40-19-17-39(18-20-40)73-38-14-10-34(11-15-38)50(69)65-53-56(6,7)54(57(53,8)9)75-41-16-12-35(26-59)43(58)25-41/h10-16,21-23,25,27-28,31-32,37,39-40,45,49,53-54,67H,17-20,24,29-30H2,1-9H3,(H,63,70)(H,64,68)(H,65,69)/t32-,37+,39?,40?,45-,49+,53?,54?/m0/s1. The summed E-state index contributed by atoms with van der Waals surface area (Å²) in [4.78, 5) is 70.3. The van der Waals surface area contributed by atoms with Crippen molar-refractivity contribution in [3.63, 3.8) is 0 Å². The zero-order valence-electron chi connectivity index (χ0n) is 44.4. The van der Waals surface area contributed by atoms with Gasteiger partial charge in [-0.3, -0.25) is 24.2 Å². The Morgan fingerprint density at radius 3 is 2.13 bits per heavy atom. The van der Waals surface area contributed by atoms with Crippen LogP contribution in [0.5, 0.6) is 23.1 Å². The van der Waals surface area contributed by atoms with Gasteiger partial charge in [-0.15, -0.1) is 11.3 Å². The van der Waals surface area contributed by atoms with E-state index in [9.17, 15) is 29.5 Å². The van der Waals surface area contributed by atoms with Gasteiger partial charge in [-0.05, 0) is 93.5 Å². The maximum absolute atomic E-state index is 14.2. The smallest absolute Gasteiger partial charge is 0.258 e. The Morgan fingerprint density at radius 1 is 0.868 bits per heavy atom. The molecule has 19 heteroatoms. The Bertz CT molecular complexity index is 2910. The molecule has 1 saturated heterocycles. The molecular weight excluding hydrogens is 1010 g/mol. The van der Waals surface area contributed by atoms with Crippen LogP contribution >= 0.6 is 22.9 Å². The van der Waals surface area contributed by atoms with Crippen molar-refractivity contribution in [1.29, 1.82) is 5.26 Å². The molecule has 2 aliphatic carbocycles. The molecule has 2 saturated carbocycles. The largest absolute Gasteiger partial charge is 0.490 e. The van der Waals surface area contributed by atoms with E-state index in [1.54, 1.807) is 54.2 Å². The summed E-state index contributed by atoms with van der Waals surface area (Å²) in [5.74, 6) is 0.358. The summed E-state index contributed by atoms with van der Waals surface area (Å²) in [6.45, 7) is 17.0. The fraction of sp³-hybridized carbons (Fsp3) is 0.474. The number of carbonyl (C=O) groups is 4. The van der Waals surface area contributed by atoms with Crippen molar-refractivity contribution in [2.24, 2.45) is 16.2 Å². The molecule has 3 aliphatic rings. The number of hydrogen-bond acceptors (Lipinski definition) is 14. The minimum Gasteiger partial charge on any atom is -0.490 e. The van der Waals surface area contributed by atoms with E-state index in [2.05, 4.69) is 64.7 Å². The van der Waals surface area contributed by atoms with Crippen LogP contribution in [0.4, 0.5) is 0 Å². The molecule has 0 radical (unpaired) electrons. The molecule has 0 unspecified atom stereocenters. The second-order valence-electron chi connectivity index (χ2n) is 22.3. The summed E-state index contributed by atoms with van der Waals surface area (Å²) >= 11 is 7.78. The number of halogens is 1. The van der Waals surface area contributed by atoms with Crippen molar-refractivity contribution < 1.29 is 43.2 Å². The molecule has 0 spiro atoms. The Morgan fingerprint density at radius 2 is 1.54 bits per heavy atom. The van der Waals surface area contributed by atoms with Gasteiger partial charge in [-0.25, -0.2) is 9.97 Å². The first-order valence-electron chi connectivity index (χ1n) is 25.7. The average molecular weight is 1080 g/mol. The van der Waals surface area contributed by atoms with Gasteiger partial charge in [-0.2, -0.15) is 5.26 Å². The number of thiazole rings is 1. The molecule has 3 aromatic heterocycles. The van der Waals surface area contributed by atoms with Crippen LogP contribution in [0.3, 0.4) is 0 Å². The molecule has 402 valence electrons. The van der Waals surface area contributed by atoms with E-state index in [1.807, 2.05) is 58.9 Å². The van der Waals surface area contributed by atoms with Gasteiger partial charge in [0, 0.05) is 59.3 Å². The molecule has 4 heterocycles. The zero-order chi connectivity index (χ0) is 54.7. The van der Waals surface area contributed by atoms with Crippen molar-refractivity contribution >= 4 is 46.6 Å². The number of nitriles is 1. The third kappa shape index (κ3) is 12.5. The normalized spacial score (nSPS) is 22.4. The zero-order valence-corrected chi connectivity index (χ0v) is 46.0. The lowest BCUT2D eigenvalue weighted by molar-refractivity contribution is -0.164. The minimum absolute atomic E-state index is 0.0225. The number of amides is 4. The van der Waals surface area contributed by atoms with Crippen molar-refractivity contribution in [2.45, 2.75) is 143 Å². The van der Waals surface area contributed by atoms with Gasteiger partial charge in [0.2, 0.25) is 17.7 Å². The lowest BCUT2D eigenvalue weighted by Crippen LogP contribution is -2.74. The Hall–Kier alpha value is -6.81. The highest BCUT2D eigenvalue weighted by atomic mass is 35.5. The topological polar surface area (TPSA) is 227 Å². The van der Waals surface area contributed by atoms with Gasteiger partial charge in [0.25, 0.3) is 11.8 Å². The van der Waals surface area contributed by atoms with E-state index < -0.39 is 64.8 Å². The van der Waals surface area contributed by atoms with E-state index in [1.165, 1.54) is 22.4 Å². The molecule has 4 amide bonds. The van der Waals surface area contributed by atoms with Crippen LogP contribution in [0.15, 0.2) is 84.6 Å². The maximum Gasteiger partial charge on any atom is 0.258 e. The van der Waals surface area contributed by atoms with E-state index in [0.29, 0.717) is 45.0 Å². The van der Waals surface area contributed by atoms with Gasteiger partial charge in [0.1, 0.15) is 47.6 Å². The van der Waals surface area contributed by atoms with Crippen LogP contribution in [0, 0.1) is 34.5 Å². The summed E-state index contributed by atoms with van der Waals surface area (Å²) in [5, 5.41) is 29.3. The van der Waals surface area contributed by atoms with Crippen LogP contribution in [0.2, 0.25) is 5.02 Å². The van der Waals surface area contributed by atoms with Crippen LogP contribution in [-0.4, -0.2) is 104 Å². The van der Waals surface area contributed by atoms with Crippen LogP contribution in [-0.2, 0) is 14.4 Å². The van der Waals surface area contributed by atoms with E-state index in [4.69, 9.17) is 30.5 Å². The van der Waals surface area contributed by atoms with Gasteiger partial charge in [0.15, 0.2) is 6.61 Å². The molecule has 4 N–H and O–H groups in total. The number of likely N-dealkylation sites (tertiary alicyclic amines) is 1. The average Bonchev–Trinajstić information content (AvgIpc) is 4.08. The van der Waals surface area contributed by atoms with E-state index in [0.717, 1.165) is 41.8 Å². The number of β-amino-alcohol motifs (C(OH)–C–C–N with tert-alkyl or cyclic N) is 1. The molecular formula is C57H67ClN8O9S. The number of nitrogens with one attached hydrogen (secondary N) is 3. The second kappa shape index (κ2) is 22.8. The number of pyridine rings is 2. The Labute approximate surface area is 453 Å². The first-order valence-corrected chi connectivity index (χ1v) is 26.9. The Balaban J connectivity index is 0.758. The third-order valence-electron chi connectivity index (χ3n) is 14.7. The molecule has 2 aromatic carbocycles. The van der Waals surface area contributed by atoms with E-state index >= 15 is 0 Å². The number of rotatable bonds is 17. The fourth-order valence-corrected chi connectivity index (χ4v) is 11.9. The molecule has 0 bridgehead atoms. The Kier molecular flexibility index (Phi) is 16.6. The summed E-state index contributed by atoms with van der Waals surface area (Å²) in [6, 6.07) is 18.8. The number of ether oxygens (including phenoxy) is 4. The monoisotopic (exact) mass is 1070 g/mol. The lowest BCUT2D eigenvalue weighted by Gasteiger charge is -2.63. The lowest BCUT2D eigenvalue weighted by atomic mass is 9.49. The third-order valence-corrected chi connectivity index (χ3v) is 16.0. The van der Waals surface area contributed by atoms with Crippen molar-refractivity contribution in [2.75, 3.05) is 13.2 Å². The fourth-order valence-electron chi connectivity index (χ4n) is 10.9. The highest BCUT2D eigenvalue weighted by Crippen LogP contribution is 2.55. The number of aliphatic hydroxyl groups excluding tert-OH is 1. The number of aromatic nitrogens is 3. The molecule has 76 heavy (non-hydrogen) atoms. The quantitative estimate of drug-likeness (QED) is 0.0685. The van der Waals surface area contributed by atoms with Crippen molar-refractivity contribution in [1.82, 2.24) is 35.8 Å². The number of aryl methyl sites for hydroxylation is 1. The van der Waals surface area contributed by atoms with Gasteiger partial charge in [-0.1, -0.05) is 66.1 Å². The van der Waals surface area contributed by atoms with Crippen LogP contribution in [0.1, 0.15) is 121 Å². The van der Waals surface area contributed by atoms with Crippen LogP contribution in [0.25, 0.3) is 10.4 Å². The first kappa shape index (κ1) is 55.4. The number of benzene rings is 2. The SMILES string of the molecule is Cc1ncsc1-c1ccc([C@H](C)NC(=O)[C@@H]2C[C@@H](O)CN2C(=O)[C@@H](NC(=O)COc2ccc(OC3CCC(Oc4ccc(C(=O)NC5C(C)(C)C(Oc6ccc(C#N)c(Cl)c6)C5(C)C)cc4)CC3)nc2)C(C)(C)C)nc1. The number of hydrogen-bond donors (Lipinski definition) is 4. The van der Waals surface area contributed by atoms with Crippen molar-refractivity contribution in [3.8, 4) is 39.6 Å². The molecule has 1 aliphatic heterocycles. The summed E-state index contributed by atoms with van der Waals surface area (Å²) in [7, 11) is 0. The van der Waals surface area contributed by atoms with Gasteiger partial charge in [0.05, 0.1) is 56.8 Å². The summed E-state index contributed by atoms with van der Waals surface area (Å²) < 4.78 is 24.7. The summed E-state index contributed by atoms with van der Waals surface area (Å²) in [5.41, 5.74) is 3.63.